The maximum atomic E-state index is 12.6. The molecule has 1 fully saturated rings. The number of hydrogen-bond donors (Lipinski definition) is 4. The summed E-state index contributed by atoms with van der Waals surface area (Å²) in [7, 11) is 0. The van der Waals surface area contributed by atoms with Crippen LogP contribution in [0.25, 0.3) is 0 Å². The highest BCUT2D eigenvalue weighted by molar-refractivity contribution is 5.70. The van der Waals surface area contributed by atoms with E-state index in [0.29, 0.717) is 6.42 Å². The third kappa shape index (κ3) is 21.8. The number of esters is 2. The monoisotopic (exact) mass is 682 g/mol. The first-order valence-electron chi connectivity index (χ1n) is 18.6. The molecule has 4 N–H and O–H groups in total. The summed E-state index contributed by atoms with van der Waals surface area (Å²) in [5, 5.41) is 39.8. The fourth-order valence-corrected chi connectivity index (χ4v) is 5.25. The van der Waals surface area contributed by atoms with Gasteiger partial charge in [-0.1, -0.05) is 108 Å². The van der Waals surface area contributed by atoms with Gasteiger partial charge in [-0.05, 0) is 51.4 Å². The minimum Gasteiger partial charge on any atom is -0.462 e. The van der Waals surface area contributed by atoms with Gasteiger partial charge < -0.3 is 39.4 Å². The average molecular weight is 683 g/mol. The van der Waals surface area contributed by atoms with Gasteiger partial charge in [-0.25, -0.2) is 0 Å². The van der Waals surface area contributed by atoms with E-state index < -0.39 is 55.4 Å². The molecule has 2 unspecified atom stereocenters. The molecule has 0 saturated carbocycles. The highest BCUT2D eigenvalue weighted by Gasteiger charge is 2.44. The summed E-state index contributed by atoms with van der Waals surface area (Å²) >= 11 is 0. The Morgan fingerprint density at radius 3 is 1.79 bits per heavy atom. The molecular formula is C38H66O10. The molecule has 1 saturated heterocycles. The third-order valence-electron chi connectivity index (χ3n) is 8.28. The Morgan fingerprint density at radius 1 is 0.646 bits per heavy atom. The summed E-state index contributed by atoms with van der Waals surface area (Å²) in [6, 6.07) is 0. The first-order chi connectivity index (χ1) is 23.3. The van der Waals surface area contributed by atoms with E-state index >= 15 is 0 Å². The maximum Gasteiger partial charge on any atom is 0.306 e. The summed E-state index contributed by atoms with van der Waals surface area (Å²) < 4.78 is 21.9. The van der Waals surface area contributed by atoms with Crippen LogP contribution < -0.4 is 0 Å². The molecule has 6 atom stereocenters. The second-order valence-corrected chi connectivity index (χ2v) is 12.7. The zero-order valence-corrected chi connectivity index (χ0v) is 29.7. The Kier molecular flexibility index (Phi) is 27.3. The zero-order chi connectivity index (χ0) is 35.2. The first kappa shape index (κ1) is 43.9. The molecule has 0 radical (unpaired) electrons. The molecule has 1 aliphatic rings. The highest BCUT2D eigenvalue weighted by Crippen LogP contribution is 2.22. The molecule has 0 aromatic rings. The topological polar surface area (TPSA) is 152 Å². The highest BCUT2D eigenvalue weighted by atomic mass is 16.7. The van der Waals surface area contributed by atoms with Crippen LogP contribution in [0, 0.1) is 0 Å². The number of carbonyl (C=O) groups excluding carboxylic acids is 2. The summed E-state index contributed by atoms with van der Waals surface area (Å²) in [6.45, 7) is 3.29. The van der Waals surface area contributed by atoms with E-state index in [1.165, 1.54) is 44.9 Å². The number of unbranched alkanes of at least 4 members (excludes halogenated alkanes) is 12. The summed E-state index contributed by atoms with van der Waals surface area (Å²) in [5.41, 5.74) is 0. The van der Waals surface area contributed by atoms with Crippen LogP contribution in [0.2, 0.25) is 0 Å². The molecule has 1 heterocycles. The number of ether oxygens (including phenoxy) is 4. The smallest absolute Gasteiger partial charge is 0.306 e. The molecule has 10 nitrogen and oxygen atoms in total. The lowest BCUT2D eigenvalue weighted by Gasteiger charge is -2.39. The van der Waals surface area contributed by atoms with Gasteiger partial charge in [-0.3, -0.25) is 9.59 Å². The number of aliphatic hydroxyl groups is 4. The molecule has 0 amide bonds. The number of aliphatic hydroxyl groups excluding tert-OH is 4. The van der Waals surface area contributed by atoms with Crippen molar-refractivity contribution in [3.05, 3.63) is 36.5 Å². The van der Waals surface area contributed by atoms with Gasteiger partial charge in [0.05, 0.1) is 13.2 Å². The van der Waals surface area contributed by atoms with Crippen LogP contribution in [0.3, 0.4) is 0 Å². The Morgan fingerprint density at radius 2 is 1.17 bits per heavy atom. The first-order valence-corrected chi connectivity index (χ1v) is 18.6. The molecule has 278 valence electrons. The Bertz CT molecular complexity index is 887. The van der Waals surface area contributed by atoms with Crippen LogP contribution in [-0.4, -0.2) is 89.0 Å². The van der Waals surface area contributed by atoms with Crippen LogP contribution in [-0.2, 0) is 28.5 Å². The molecular weight excluding hydrogens is 616 g/mol. The number of hydrogen-bond acceptors (Lipinski definition) is 10. The standard InChI is InChI=1S/C38H66O10/c1-3-5-7-9-11-13-14-15-16-17-18-19-21-23-25-27-34(41)47-31(29-45-33(40)26-24-22-20-12-10-8-6-4-2)30-46-38-37(44)36(43)35(42)32(28-39)48-38/h11,13,15-16,18-19,31-32,35-39,42-44H,3-10,12,14,17,20-30H2,1-2H3/b13-11+,16-15+,19-18+/t31-,32-,35+,36?,37?,38-/m1/s1. The van der Waals surface area contributed by atoms with Gasteiger partial charge in [-0.15, -0.1) is 0 Å². The van der Waals surface area contributed by atoms with Crippen LogP contribution in [0.15, 0.2) is 36.5 Å². The van der Waals surface area contributed by atoms with Crippen molar-refractivity contribution in [2.45, 2.75) is 173 Å². The van der Waals surface area contributed by atoms with Crippen LogP contribution in [0.1, 0.15) is 136 Å². The fourth-order valence-electron chi connectivity index (χ4n) is 5.25. The Labute approximate surface area is 289 Å². The Hall–Kier alpha value is -2.08. The van der Waals surface area contributed by atoms with Crippen molar-refractivity contribution in [1.82, 2.24) is 0 Å². The Balaban J connectivity index is 2.45. The van der Waals surface area contributed by atoms with Gasteiger partial charge in [-0.2, -0.15) is 0 Å². The number of carbonyl (C=O) groups is 2. The van der Waals surface area contributed by atoms with Crippen molar-refractivity contribution in [3.63, 3.8) is 0 Å². The predicted molar refractivity (Wildman–Crippen MR) is 187 cm³/mol. The minimum absolute atomic E-state index is 0.182. The normalized spacial score (nSPS) is 22.2. The van der Waals surface area contributed by atoms with Crippen molar-refractivity contribution in [3.8, 4) is 0 Å². The lowest BCUT2D eigenvalue weighted by Crippen LogP contribution is -2.59. The summed E-state index contributed by atoms with van der Waals surface area (Å²) in [6.07, 6.45) is 23.2. The van der Waals surface area contributed by atoms with Crippen molar-refractivity contribution < 1.29 is 49.0 Å². The third-order valence-corrected chi connectivity index (χ3v) is 8.28. The van der Waals surface area contributed by atoms with Gasteiger partial charge in [0.15, 0.2) is 12.4 Å². The molecule has 10 heteroatoms. The van der Waals surface area contributed by atoms with E-state index in [9.17, 15) is 30.0 Å². The number of allylic oxidation sites excluding steroid dienone is 6. The molecule has 1 aliphatic heterocycles. The molecule has 0 aliphatic carbocycles. The van der Waals surface area contributed by atoms with Gasteiger partial charge >= 0.3 is 11.9 Å². The van der Waals surface area contributed by atoms with Gasteiger partial charge in [0, 0.05) is 12.8 Å². The molecule has 0 bridgehead atoms. The second-order valence-electron chi connectivity index (χ2n) is 12.7. The second kappa shape index (κ2) is 29.8. The lowest BCUT2D eigenvalue weighted by atomic mass is 9.99. The number of rotatable bonds is 29. The fraction of sp³-hybridized carbons (Fsp3) is 0.789. The summed E-state index contributed by atoms with van der Waals surface area (Å²) in [4.78, 5) is 25.0. The summed E-state index contributed by atoms with van der Waals surface area (Å²) in [5.74, 6) is -0.860. The predicted octanol–water partition coefficient (Wildman–Crippen LogP) is 6.38. The lowest BCUT2D eigenvalue weighted by molar-refractivity contribution is -0.305. The van der Waals surface area contributed by atoms with E-state index in [-0.39, 0.29) is 26.1 Å². The van der Waals surface area contributed by atoms with Crippen molar-refractivity contribution in [2.24, 2.45) is 0 Å². The van der Waals surface area contributed by atoms with E-state index in [4.69, 9.17) is 18.9 Å². The van der Waals surface area contributed by atoms with Gasteiger partial charge in [0.25, 0.3) is 0 Å². The van der Waals surface area contributed by atoms with Gasteiger partial charge in [0.2, 0.25) is 0 Å². The van der Waals surface area contributed by atoms with Crippen LogP contribution in [0.4, 0.5) is 0 Å². The molecule has 1 rings (SSSR count). The molecule has 48 heavy (non-hydrogen) atoms. The SMILES string of the molecule is CCCCC/C=C/C/C=C/C/C=C/CCCCC(=O)O[C@H](COC(=O)CCCCCCCCCC)CO[C@@H]1O[C@H](CO)[C@H](O)C(O)C1O. The van der Waals surface area contributed by atoms with Crippen LogP contribution >= 0.6 is 0 Å². The molecule has 0 spiro atoms. The quantitative estimate of drug-likeness (QED) is 0.0397. The van der Waals surface area contributed by atoms with Crippen molar-refractivity contribution >= 4 is 11.9 Å². The maximum absolute atomic E-state index is 12.6. The van der Waals surface area contributed by atoms with Crippen molar-refractivity contribution in [2.75, 3.05) is 19.8 Å². The van der Waals surface area contributed by atoms with Crippen molar-refractivity contribution in [1.29, 1.82) is 0 Å². The molecule has 0 aromatic heterocycles. The minimum atomic E-state index is -1.60. The largest absolute Gasteiger partial charge is 0.462 e. The van der Waals surface area contributed by atoms with E-state index in [0.717, 1.165) is 57.8 Å². The van der Waals surface area contributed by atoms with Gasteiger partial charge in [0.1, 0.15) is 31.0 Å². The average Bonchev–Trinajstić information content (AvgIpc) is 3.08. The zero-order valence-electron chi connectivity index (χ0n) is 29.7. The van der Waals surface area contributed by atoms with E-state index in [2.05, 4.69) is 50.3 Å². The molecule has 0 aromatic carbocycles. The van der Waals surface area contributed by atoms with Crippen LogP contribution in [0.5, 0.6) is 0 Å². The van der Waals surface area contributed by atoms with E-state index in [1.54, 1.807) is 0 Å². The van der Waals surface area contributed by atoms with E-state index in [1.807, 2.05) is 0 Å².